The molecule has 1 heterocycles. The summed E-state index contributed by atoms with van der Waals surface area (Å²) in [6.07, 6.45) is 9.90. The van der Waals surface area contributed by atoms with E-state index >= 15 is 0 Å². The van der Waals surface area contributed by atoms with Gasteiger partial charge in [-0.2, -0.15) is 0 Å². The van der Waals surface area contributed by atoms with Gasteiger partial charge in [-0.15, -0.1) is 0 Å². The van der Waals surface area contributed by atoms with Gasteiger partial charge in [0.25, 0.3) is 0 Å². The van der Waals surface area contributed by atoms with E-state index in [1.807, 2.05) is 13.1 Å². The van der Waals surface area contributed by atoms with Gasteiger partial charge in [0.2, 0.25) is 0 Å². The minimum atomic E-state index is -0.319. The first-order valence-electron chi connectivity index (χ1n) is 6.96. The van der Waals surface area contributed by atoms with Crippen molar-refractivity contribution in [2.75, 3.05) is 6.61 Å². The van der Waals surface area contributed by atoms with Gasteiger partial charge in [0.15, 0.2) is 5.69 Å². The lowest BCUT2D eigenvalue weighted by molar-refractivity contribution is 0.0520. The Morgan fingerprint density at radius 2 is 2.22 bits per heavy atom. The number of esters is 1. The van der Waals surface area contributed by atoms with Crippen LogP contribution in [0.2, 0.25) is 0 Å². The average Bonchev–Trinajstić information content (AvgIpc) is 2.88. The maximum atomic E-state index is 11.6. The molecule has 0 amide bonds. The van der Waals surface area contributed by atoms with Crippen molar-refractivity contribution < 1.29 is 9.53 Å². The first-order chi connectivity index (χ1) is 8.76. The molecule has 2 atom stereocenters. The van der Waals surface area contributed by atoms with Crippen LogP contribution in [0.25, 0.3) is 0 Å². The Morgan fingerprint density at radius 3 is 2.94 bits per heavy atom. The zero-order chi connectivity index (χ0) is 13.0. The number of rotatable bonds is 4. The average molecular weight is 250 g/mol. The van der Waals surface area contributed by atoms with Crippen molar-refractivity contribution >= 4 is 5.97 Å². The van der Waals surface area contributed by atoms with Crippen molar-refractivity contribution in [3.63, 3.8) is 0 Å². The Balaban J connectivity index is 2.10. The third-order valence-corrected chi connectivity index (χ3v) is 3.86. The minimum absolute atomic E-state index is 0.319. The van der Waals surface area contributed by atoms with E-state index < -0.39 is 0 Å². The fourth-order valence-corrected chi connectivity index (χ4v) is 2.89. The molecule has 100 valence electrons. The molecule has 0 aromatic carbocycles. The van der Waals surface area contributed by atoms with Crippen molar-refractivity contribution in [1.29, 1.82) is 0 Å². The highest BCUT2D eigenvalue weighted by atomic mass is 16.5. The number of nitrogens with zero attached hydrogens (tertiary/aromatic N) is 2. The van der Waals surface area contributed by atoms with Gasteiger partial charge in [-0.3, -0.25) is 0 Å². The Kier molecular flexibility index (Phi) is 4.39. The molecule has 1 fully saturated rings. The van der Waals surface area contributed by atoms with E-state index in [1.165, 1.54) is 32.1 Å². The zero-order valence-electron chi connectivity index (χ0n) is 11.3. The highest BCUT2D eigenvalue weighted by Gasteiger charge is 2.25. The second-order valence-corrected chi connectivity index (χ2v) is 4.95. The molecule has 4 heteroatoms. The van der Waals surface area contributed by atoms with Gasteiger partial charge < -0.3 is 9.30 Å². The molecular weight excluding hydrogens is 228 g/mol. The summed E-state index contributed by atoms with van der Waals surface area (Å²) in [5.41, 5.74) is 0.428. The number of imidazole rings is 1. The van der Waals surface area contributed by atoms with Crippen LogP contribution in [0.5, 0.6) is 0 Å². The summed E-state index contributed by atoms with van der Waals surface area (Å²) in [7, 11) is 0. The number of carbonyl (C=O) groups excluding carboxylic acids is 1. The molecule has 18 heavy (non-hydrogen) atoms. The van der Waals surface area contributed by atoms with Crippen molar-refractivity contribution in [3.8, 4) is 0 Å². The lowest BCUT2D eigenvalue weighted by atomic mass is 9.83. The summed E-state index contributed by atoms with van der Waals surface area (Å²) in [4.78, 5) is 15.8. The van der Waals surface area contributed by atoms with E-state index in [1.54, 1.807) is 6.33 Å². The second kappa shape index (κ2) is 6.03. The first-order valence-corrected chi connectivity index (χ1v) is 6.96. The van der Waals surface area contributed by atoms with E-state index in [0.29, 0.717) is 24.3 Å². The van der Waals surface area contributed by atoms with Crippen LogP contribution in [-0.2, 0) is 4.74 Å². The van der Waals surface area contributed by atoms with Crippen molar-refractivity contribution in [2.24, 2.45) is 5.92 Å². The summed E-state index contributed by atoms with van der Waals surface area (Å²) in [5.74, 6) is 0.392. The molecule has 0 N–H and O–H groups in total. The van der Waals surface area contributed by atoms with Crippen LogP contribution >= 0.6 is 0 Å². The van der Waals surface area contributed by atoms with Crippen LogP contribution in [0.15, 0.2) is 12.5 Å². The molecule has 0 saturated heterocycles. The summed E-state index contributed by atoms with van der Waals surface area (Å²) >= 11 is 0. The van der Waals surface area contributed by atoms with E-state index in [4.69, 9.17) is 4.74 Å². The van der Waals surface area contributed by atoms with Crippen LogP contribution < -0.4 is 0 Å². The molecule has 0 spiro atoms. The number of hydrogen-bond donors (Lipinski definition) is 0. The maximum Gasteiger partial charge on any atom is 0.358 e. The standard InChI is InChI=1S/C14H22N2O2/c1-3-11-7-5-6-8-13(11)16-9-12(15-10-16)14(17)18-4-2/h9-11,13H,3-8H2,1-2H3. The van der Waals surface area contributed by atoms with Crippen molar-refractivity contribution in [2.45, 2.75) is 52.0 Å². The van der Waals surface area contributed by atoms with Crippen LogP contribution in [0.1, 0.15) is 62.5 Å². The normalized spacial score (nSPS) is 23.9. The molecule has 1 aliphatic rings. The van der Waals surface area contributed by atoms with Gasteiger partial charge in [-0.05, 0) is 25.7 Å². The van der Waals surface area contributed by atoms with Gasteiger partial charge in [0, 0.05) is 12.2 Å². The van der Waals surface area contributed by atoms with Crippen molar-refractivity contribution in [1.82, 2.24) is 9.55 Å². The van der Waals surface area contributed by atoms with Crippen molar-refractivity contribution in [3.05, 3.63) is 18.2 Å². The zero-order valence-corrected chi connectivity index (χ0v) is 11.3. The molecule has 1 aromatic rings. The van der Waals surface area contributed by atoms with Crippen LogP contribution in [-0.4, -0.2) is 22.1 Å². The van der Waals surface area contributed by atoms with E-state index in [-0.39, 0.29) is 5.97 Å². The Labute approximate surface area is 108 Å². The molecular formula is C14H22N2O2. The van der Waals surface area contributed by atoms with Crippen LogP contribution in [0, 0.1) is 5.92 Å². The smallest absolute Gasteiger partial charge is 0.358 e. The quantitative estimate of drug-likeness (QED) is 0.771. The van der Waals surface area contributed by atoms with Crippen LogP contribution in [0.3, 0.4) is 0 Å². The molecule has 2 unspecified atom stereocenters. The third-order valence-electron chi connectivity index (χ3n) is 3.86. The highest BCUT2D eigenvalue weighted by Crippen LogP contribution is 2.35. The minimum Gasteiger partial charge on any atom is -0.461 e. The largest absolute Gasteiger partial charge is 0.461 e. The summed E-state index contributed by atoms with van der Waals surface area (Å²) in [6, 6.07) is 0.499. The Morgan fingerprint density at radius 1 is 1.44 bits per heavy atom. The Bertz CT molecular complexity index is 400. The second-order valence-electron chi connectivity index (χ2n) is 4.95. The summed E-state index contributed by atoms with van der Waals surface area (Å²) in [5, 5.41) is 0. The fourth-order valence-electron chi connectivity index (χ4n) is 2.89. The van der Waals surface area contributed by atoms with Gasteiger partial charge in [0.1, 0.15) is 0 Å². The van der Waals surface area contributed by atoms with Gasteiger partial charge in [-0.25, -0.2) is 9.78 Å². The molecule has 2 rings (SSSR count). The predicted molar refractivity (Wildman–Crippen MR) is 69.5 cm³/mol. The molecule has 0 aliphatic heterocycles. The van der Waals surface area contributed by atoms with Gasteiger partial charge in [-0.1, -0.05) is 26.2 Å². The molecule has 0 bridgehead atoms. The topological polar surface area (TPSA) is 44.1 Å². The molecule has 1 aromatic heterocycles. The van der Waals surface area contributed by atoms with E-state index in [0.717, 1.165) is 0 Å². The third kappa shape index (κ3) is 2.74. The van der Waals surface area contributed by atoms with Gasteiger partial charge in [0.05, 0.1) is 12.9 Å². The molecule has 1 saturated carbocycles. The lowest BCUT2D eigenvalue weighted by Gasteiger charge is -2.31. The Hall–Kier alpha value is -1.32. The monoisotopic (exact) mass is 250 g/mol. The molecule has 1 aliphatic carbocycles. The fraction of sp³-hybridized carbons (Fsp3) is 0.714. The van der Waals surface area contributed by atoms with Gasteiger partial charge >= 0.3 is 5.97 Å². The molecule has 0 radical (unpaired) electrons. The number of carbonyl (C=O) groups is 1. The highest BCUT2D eigenvalue weighted by molar-refractivity contribution is 5.86. The van der Waals surface area contributed by atoms with E-state index in [2.05, 4.69) is 16.5 Å². The van der Waals surface area contributed by atoms with E-state index in [9.17, 15) is 4.79 Å². The SMILES string of the molecule is CCOC(=O)c1cn(C2CCCCC2CC)cn1. The first kappa shape index (κ1) is 13.1. The summed E-state index contributed by atoms with van der Waals surface area (Å²) in [6.45, 7) is 4.45. The predicted octanol–water partition coefficient (Wildman–Crippen LogP) is 3.20. The maximum absolute atomic E-state index is 11.6. The summed E-state index contributed by atoms with van der Waals surface area (Å²) < 4.78 is 7.08. The number of aromatic nitrogens is 2. The molecule has 4 nitrogen and oxygen atoms in total. The number of hydrogen-bond acceptors (Lipinski definition) is 3. The number of ether oxygens (including phenoxy) is 1. The lowest BCUT2D eigenvalue weighted by Crippen LogP contribution is -2.21. The van der Waals surface area contributed by atoms with Crippen LogP contribution in [0.4, 0.5) is 0 Å².